The van der Waals surface area contributed by atoms with Crippen LogP contribution in [0.2, 0.25) is 10.0 Å². The normalized spacial score (nSPS) is 11.5. The van der Waals surface area contributed by atoms with Crippen molar-refractivity contribution in [1.29, 1.82) is 0 Å². The monoisotopic (exact) mass is 417 g/mol. The number of benzene rings is 2. The van der Waals surface area contributed by atoms with Gasteiger partial charge in [-0.25, -0.2) is 9.07 Å². The second-order valence-electron chi connectivity index (χ2n) is 5.37. The number of carbonyl (C=O) groups excluding carboxylic acids is 1. The van der Waals surface area contributed by atoms with Crippen LogP contribution in [0.3, 0.4) is 0 Å². The lowest BCUT2D eigenvalue weighted by atomic mass is 10.2. The molecule has 0 unspecified atom stereocenters. The summed E-state index contributed by atoms with van der Waals surface area (Å²) < 4.78 is 55.2. The summed E-state index contributed by atoms with van der Waals surface area (Å²) >= 11 is 11.4. The Bertz CT molecular complexity index is 1020. The van der Waals surface area contributed by atoms with Gasteiger partial charge in [-0.15, -0.1) is 0 Å². The Kier molecular flexibility index (Phi) is 5.12. The largest absolute Gasteiger partial charge is 0.434 e. The van der Waals surface area contributed by atoms with E-state index in [-0.39, 0.29) is 21.4 Å². The maximum Gasteiger partial charge on any atom is 0.434 e. The van der Waals surface area contributed by atoms with Gasteiger partial charge >= 0.3 is 6.18 Å². The lowest BCUT2D eigenvalue weighted by molar-refractivity contribution is -0.143. The van der Waals surface area contributed by atoms with Crippen molar-refractivity contribution in [3.8, 4) is 5.69 Å². The van der Waals surface area contributed by atoms with Crippen molar-refractivity contribution in [3.63, 3.8) is 0 Å². The average molecular weight is 418 g/mol. The van der Waals surface area contributed by atoms with Crippen LogP contribution in [0.1, 0.15) is 16.1 Å². The maximum atomic E-state index is 13.8. The highest BCUT2D eigenvalue weighted by Crippen LogP contribution is 2.34. The van der Waals surface area contributed by atoms with Crippen LogP contribution in [0.25, 0.3) is 5.69 Å². The molecule has 0 bridgehead atoms. The molecule has 140 valence electrons. The second-order valence-corrected chi connectivity index (χ2v) is 6.25. The van der Waals surface area contributed by atoms with Crippen molar-refractivity contribution in [2.45, 2.75) is 6.18 Å². The lowest BCUT2D eigenvalue weighted by Gasteiger charge is -2.13. The van der Waals surface area contributed by atoms with Crippen LogP contribution >= 0.6 is 23.2 Å². The number of halogens is 6. The zero-order valence-electron chi connectivity index (χ0n) is 13.2. The third-order valence-electron chi connectivity index (χ3n) is 3.51. The second kappa shape index (κ2) is 7.21. The van der Waals surface area contributed by atoms with E-state index >= 15 is 0 Å². The molecule has 0 saturated heterocycles. The Morgan fingerprint density at radius 2 is 1.78 bits per heavy atom. The molecule has 1 heterocycles. The number of carbonyl (C=O) groups is 1. The first-order chi connectivity index (χ1) is 12.7. The third kappa shape index (κ3) is 4.06. The van der Waals surface area contributed by atoms with E-state index in [0.717, 1.165) is 18.3 Å². The first-order valence-corrected chi connectivity index (χ1v) is 8.10. The molecule has 1 aromatic heterocycles. The molecule has 0 radical (unpaired) electrons. The van der Waals surface area contributed by atoms with Crippen molar-refractivity contribution in [2.75, 3.05) is 5.32 Å². The number of nitrogens with zero attached hydrogens (tertiary/aromatic N) is 2. The number of alkyl halides is 3. The summed E-state index contributed by atoms with van der Waals surface area (Å²) in [4.78, 5) is 12.3. The van der Waals surface area contributed by atoms with E-state index in [1.807, 2.05) is 0 Å². The number of amides is 1. The Morgan fingerprint density at radius 3 is 2.41 bits per heavy atom. The zero-order valence-corrected chi connectivity index (χ0v) is 14.7. The highest BCUT2D eigenvalue weighted by molar-refractivity contribution is 6.31. The summed E-state index contributed by atoms with van der Waals surface area (Å²) in [6, 6.07) is 8.92. The van der Waals surface area contributed by atoms with Crippen LogP contribution in [-0.4, -0.2) is 15.7 Å². The summed E-state index contributed by atoms with van der Waals surface area (Å²) in [5.41, 5.74) is -2.37. The molecule has 4 nitrogen and oxygen atoms in total. The van der Waals surface area contributed by atoms with Crippen LogP contribution in [0.4, 0.5) is 23.2 Å². The van der Waals surface area contributed by atoms with Crippen LogP contribution in [-0.2, 0) is 6.18 Å². The van der Waals surface area contributed by atoms with Crippen LogP contribution in [0, 0.1) is 5.82 Å². The van der Waals surface area contributed by atoms with Crippen molar-refractivity contribution in [3.05, 3.63) is 75.8 Å². The number of hydrogen-bond acceptors (Lipinski definition) is 2. The van der Waals surface area contributed by atoms with E-state index in [9.17, 15) is 22.4 Å². The van der Waals surface area contributed by atoms with Crippen LogP contribution < -0.4 is 5.32 Å². The molecule has 3 rings (SSSR count). The van der Waals surface area contributed by atoms with E-state index in [1.54, 1.807) is 0 Å². The van der Waals surface area contributed by atoms with Gasteiger partial charge in [0.25, 0.3) is 5.91 Å². The molecule has 0 fully saturated rings. The number of hydrogen-bond donors (Lipinski definition) is 1. The van der Waals surface area contributed by atoms with E-state index in [2.05, 4.69) is 10.4 Å². The van der Waals surface area contributed by atoms with E-state index in [0.29, 0.717) is 4.68 Å². The number of anilines is 1. The average Bonchev–Trinajstić information content (AvgIpc) is 3.03. The van der Waals surface area contributed by atoms with Gasteiger partial charge in [-0.3, -0.25) is 4.79 Å². The minimum atomic E-state index is -4.90. The molecule has 1 amide bonds. The van der Waals surface area contributed by atoms with Crippen LogP contribution in [0.15, 0.2) is 48.7 Å². The number of aromatic nitrogens is 2. The molecule has 0 aliphatic heterocycles. The molecule has 0 aliphatic carbocycles. The molecular weight excluding hydrogens is 409 g/mol. The fourth-order valence-corrected chi connectivity index (χ4v) is 2.71. The van der Waals surface area contributed by atoms with E-state index in [1.165, 1.54) is 30.3 Å². The van der Waals surface area contributed by atoms with Gasteiger partial charge in [0.05, 0.1) is 23.1 Å². The maximum absolute atomic E-state index is 13.8. The zero-order chi connectivity index (χ0) is 19.8. The summed E-state index contributed by atoms with van der Waals surface area (Å²) in [6.45, 7) is 0. The predicted molar refractivity (Wildman–Crippen MR) is 92.9 cm³/mol. The molecule has 0 saturated carbocycles. The quantitative estimate of drug-likeness (QED) is 0.564. The van der Waals surface area contributed by atoms with Gasteiger partial charge in [-0.2, -0.15) is 18.3 Å². The van der Waals surface area contributed by atoms with E-state index in [4.69, 9.17) is 23.2 Å². The molecule has 0 spiro atoms. The van der Waals surface area contributed by atoms with Crippen LogP contribution in [0.5, 0.6) is 0 Å². The minimum Gasteiger partial charge on any atom is -0.319 e. The molecule has 0 aliphatic rings. The van der Waals surface area contributed by atoms with Crippen molar-refractivity contribution >= 4 is 34.8 Å². The van der Waals surface area contributed by atoms with Gasteiger partial charge in [-0.1, -0.05) is 29.3 Å². The molecule has 27 heavy (non-hydrogen) atoms. The highest BCUT2D eigenvalue weighted by atomic mass is 35.5. The predicted octanol–water partition coefficient (Wildman–Crippen LogP) is 5.59. The fourth-order valence-electron chi connectivity index (χ4n) is 2.37. The minimum absolute atomic E-state index is 0.0200. The van der Waals surface area contributed by atoms with Gasteiger partial charge in [0.2, 0.25) is 0 Å². The molecular formula is C17H9Cl2F4N3O. The van der Waals surface area contributed by atoms with Gasteiger partial charge in [0.1, 0.15) is 5.82 Å². The van der Waals surface area contributed by atoms with E-state index < -0.39 is 29.2 Å². The highest BCUT2D eigenvalue weighted by Gasteiger charge is 2.40. The molecule has 3 aromatic rings. The SMILES string of the molecule is O=C(Nc1ccc(Cl)cc1F)c1cnn(-c2cccc(Cl)c2)c1C(F)(F)F. The molecule has 10 heteroatoms. The number of nitrogens with one attached hydrogen (secondary N) is 1. The molecule has 1 N–H and O–H groups in total. The Morgan fingerprint density at radius 1 is 1.07 bits per heavy atom. The summed E-state index contributed by atoms with van der Waals surface area (Å²) in [5, 5.41) is 6.02. The topological polar surface area (TPSA) is 46.9 Å². The molecule has 2 aromatic carbocycles. The Labute approximate surface area is 160 Å². The Hall–Kier alpha value is -2.58. The number of rotatable bonds is 3. The van der Waals surface area contributed by atoms with Crippen molar-refractivity contribution < 1.29 is 22.4 Å². The summed E-state index contributed by atoms with van der Waals surface area (Å²) in [5.74, 6) is -2.05. The first-order valence-electron chi connectivity index (χ1n) is 7.34. The standard InChI is InChI=1S/C17H9Cl2F4N3O/c18-9-2-1-3-11(6-9)26-15(17(21,22)23)12(8-24-26)16(27)25-14-5-4-10(19)7-13(14)20/h1-8H,(H,25,27). The van der Waals surface area contributed by atoms with Gasteiger partial charge in [-0.05, 0) is 36.4 Å². The Balaban J connectivity index is 2.04. The smallest absolute Gasteiger partial charge is 0.319 e. The molecule has 0 atom stereocenters. The van der Waals surface area contributed by atoms with Gasteiger partial charge < -0.3 is 5.32 Å². The third-order valence-corrected chi connectivity index (χ3v) is 3.98. The van der Waals surface area contributed by atoms with Crippen molar-refractivity contribution in [1.82, 2.24) is 9.78 Å². The van der Waals surface area contributed by atoms with Gasteiger partial charge in [0, 0.05) is 10.0 Å². The lowest BCUT2D eigenvalue weighted by Crippen LogP contribution is -2.21. The van der Waals surface area contributed by atoms with Gasteiger partial charge in [0.15, 0.2) is 5.69 Å². The van der Waals surface area contributed by atoms with Crippen molar-refractivity contribution in [2.24, 2.45) is 0 Å². The fraction of sp³-hybridized carbons (Fsp3) is 0.0588. The summed E-state index contributed by atoms with van der Waals surface area (Å²) in [7, 11) is 0. The first kappa shape index (κ1) is 19.2. The summed E-state index contributed by atoms with van der Waals surface area (Å²) in [6.07, 6.45) is -4.14.